The van der Waals surface area contributed by atoms with Crippen molar-refractivity contribution in [2.75, 3.05) is 0 Å². The Morgan fingerprint density at radius 2 is 0.952 bits per heavy atom. The highest BCUT2D eigenvalue weighted by atomic mass is 32.1. The van der Waals surface area contributed by atoms with Gasteiger partial charge in [0.05, 0.1) is 17.2 Å². The van der Waals surface area contributed by atoms with E-state index >= 15 is 0 Å². The zero-order valence-electron chi connectivity index (χ0n) is 22.3. The lowest BCUT2D eigenvalue weighted by Crippen LogP contribution is -1.93. The highest BCUT2D eigenvalue weighted by molar-refractivity contribution is 7.26. The molecule has 2 nitrogen and oxygen atoms in total. The van der Waals surface area contributed by atoms with Crippen LogP contribution in [-0.2, 0) is 0 Å². The molecular formula is C38H20N2S2. The molecule has 0 unspecified atom stereocenters. The van der Waals surface area contributed by atoms with Gasteiger partial charge in [0.2, 0.25) is 0 Å². The third kappa shape index (κ3) is 3.90. The molecule has 0 spiro atoms. The molecule has 0 aliphatic rings. The van der Waals surface area contributed by atoms with Crippen molar-refractivity contribution >= 4 is 63.0 Å². The molecule has 8 aromatic rings. The average molecular weight is 569 g/mol. The maximum Gasteiger partial charge on any atom is 0.100 e. The Kier molecular flexibility index (Phi) is 5.66. The minimum absolute atomic E-state index is 0.571. The highest BCUT2D eigenvalue weighted by Crippen LogP contribution is 2.42. The molecular weight excluding hydrogens is 549 g/mol. The van der Waals surface area contributed by atoms with Gasteiger partial charge in [0.25, 0.3) is 0 Å². The van der Waals surface area contributed by atoms with Crippen LogP contribution in [0.2, 0.25) is 0 Å². The van der Waals surface area contributed by atoms with Crippen LogP contribution in [-0.4, -0.2) is 0 Å². The zero-order chi connectivity index (χ0) is 28.2. The number of rotatable bonds is 3. The molecule has 2 heterocycles. The smallest absolute Gasteiger partial charge is 0.100 e. The molecule has 0 atom stereocenters. The molecule has 0 saturated heterocycles. The van der Waals surface area contributed by atoms with Crippen LogP contribution in [0.15, 0.2) is 121 Å². The van der Waals surface area contributed by atoms with Gasteiger partial charge in [0.15, 0.2) is 0 Å². The summed E-state index contributed by atoms with van der Waals surface area (Å²) in [6.07, 6.45) is 0. The summed E-state index contributed by atoms with van der Waals surface area (Å²) in [5.74, 6) is 0. The number of benzene rings is 6. The van der Waals surface area contributed by atoms with Crippen molar-refractivity contribution in [1.82, 2.24) is 0 Å². The van der Waals surface area contributed by atoms with Gasteiger partial charge >= 0.3 is 0 Å². The molecule has 0 radical (unpaired) electrons. The Labute approximate surface area is 250 Å². The summed E-state index contributed by atoms with van der Waals surface area (Å²) < 4.78 is 4.96. The van der Waals surface area contributed by atoms with E-state index in [2.05, 4.69) is 109 Å². The van der Waals surface area contributed by atoms with E-state index in [1.807, 2.05) is 18.2 Å². The van der Waals surface area contributed by atoms with Gasteiger partial charge in [-0.25, -0.2) is 0 Å². The lowest BCUT2D eigenvalue weighted by atomic mass is 9.87. The van der Waals surface area contributed by atoms with Gasteiger partial charge in [-0.3, -0.25) is 0 Å². The van der Waals surface area contributed by atoms with Crippen LogP contribution < -0.4 is 0 Å². The topological polar surface area (TPSA) is 47.6 Å². The maximum atomic E-state index is 10.5. The van der Waals surface area contributed by atoms with E-state index in [1.54, 1.807) is 28.7 Å². The Morgan fingerprint density at radius 1 is 0.405 bits per heavy atom. The molecule has 0 saturated carbocycles. The molecule has 2 aromatic heterocycles. The number of fused-ring (bicyclic) bond motifs is 6. The summed E-state index contributed by atoms with van der Waals surface area (Å²) >= 11 is 3.58. The molecule has 0 aliphatic carbocycles. The third-order valence-electron chi connectivity index (χ3n) is 7.95. The number of nitrogens with zero attached hydrogens (tertiary/aromatic N) is 2. The standard InChI is InChI=1S/C38H20N2S2/c39-21-23-6-5-7-25(16-23)32-17-27(24-12-14-30-28-8-1-3-10-35(28)41-37(30)19-24)18-33(34(32)22-40)26-13-15-31-29-9-2-4-11-36(29)42-38(31)20-26/h1-20H. The van der Waals surface area contributed by atoms with Crippen LogP contribution in [0.25, 0.3) is 73.7 Å². The summed E-state index contributed by atoms with van der Waals surface area (Å²) in [5, 5.41) is 25.2. The van der Waals surface area contributed by atoms with Gasteiger partial charge in [0.1, 0.15) is 6.07 Å². The molecule has 0 N–H and O–H groups in total. The van der Waals surface area contributed by atoms with Crippen LogP contribution in [0.1, 0.15) is 11.1 Å². The first-order valence-electron chi connectivity index (χ1n) is 13.6. The molecule has 42 heavy (non-hydrogen) atoms. The second-order valence-electron chi connectivity index (χ2n) is 10.4. The monoisotopic (exact) mass is 568 g/mol. The fourth-order valence-electron chi connectivity index (χ4n) is 5.94. The zero-order valence-corrected chi connectivity index (χ0v) is 23.9. The summed E-state index contributed by atoms with van der Waals surface area (Å²) in [5.41, 5.74) is 6.90. The van der Waals surface area contributed by atoms with Crippen molar-refractivity contribution in [3.05, 3.63) is 132 Å². The molecule has 8 rings (SSSR count). The van der Waals surface area contributed by atoms with Crippen molar-refractivity contribution in [3.63, 3.8) is 0 Å². The molecule has 0 amide bonds. The van der Waals surface area contributed by atoms with E-state index in [-0.39, 0.29) is 0 Å². The van der Waals surface area contributed by atoms with E-state index in [0.29, 0.717) is 11.1 Å². The minimum atomic E-state index is 0.571. The van der Waals surface area contributed by atoms with Crippen molar-refractivity contribution in [2.24, 2.45) is 0 Å². The first-order chi connectivity index (χ1) is 20.7. The molecule has 0 bridgehead atoms. The van der Waals surface area contributed by atoms with Crippen molar-refractivity contribution in [3.8, 4) is 45.5 Å². The van der Waals surface area contributed by atoms with Gasteiger partial charge in [0, 0.05) is 51.5 Å². The Morgan fingerprint density at radius 3 is 1.57 bits per heavy atom. The van der Waals surface area contributed by atoms with Gasteiger partial charge in [-0.15, -0.1) is 22.7 Å². The molecule has 6 aromatic carbocycles. The first kappa shape index (κ1) is 24.5. The predicted octanol–water partition coefficient (Wildman–Crippen LogP) is 11.2. The number of thiophene rings is 2. The van der Waals surface area contributed by atoms with Crippen LogP contribution in [0, 0.1) is 22.7 Å². The highest BCUT2D eigenvalue weighted by Gasteiger charge is 2.17. The molecule has 0 aliphatic heterocycles. The quantitative estimate of drug-likeness (QED) is 0.213. The fourth-order valence-corrected chi connectivity index (χ4v) is 8.23. The van der Waals surface area contributed by atoms with Gasteiger partial charge in [-0.1, -0.05) is 72.8 Å². The van der Waals surface area contributed by atoms with Crippen molar-refractivity contribution in [2.45, 2.75) is 0 Å². The molecule has 194 valence electrons. The Balaban J connectivity index is 1.39. The van der Waals surface area contributed by atoms with Crippen LogP contribution >= 0.6 is 22.7 Å². The van der Waals surface area contributed by atoms with E-state index in [1.165, 1.54) is 40.3 Å². The summed E-state index contributed by atoms with van der Waals surface area (Å²) in [6, 6.07) is 46.7. The Hall–Kier alpha value is -5.26. The number of hydrogen-bond donors (Lipinski definition) is 0. The second-order valence-corrected chi connectivity index (χ2v) is 12.5. The second kappa shape index (κ2) is 9.68. The van der Waals surface area contributed by atoms with Gasteiger partial charge in [-0.2, -0.15) is 10.5 Å². The van der Waals surface area contributed by atoms with Crippen molar-refractivity contribution < 1.29 is 0 Å². The van der Waals surface area contributed by atoms with Gasteiger partial charge in [-0.05, 0) is 70.8 Å². The van der Waals surface area contributed by atoms with E-state index in [4.69, 9.17) is 0 Å². The third-order valence-corrected chi connectivity index (χ3v) is 10.2. The maximum absolute atomic E-state index is 10.5. The first-order valence-corrected chi connectivity index (χ1v) is 15.3. The average Bonchev–Trinajstić information content (AvgIpc) is 3.61. The fraction of sp³-hybridized carbons (Fsp3) is 0. The van der Waals surface area contributed by atoms with Crippen LogP contribution in [0.4, 0.5) is 0 Å². The van der Waals surface area contributed by atoms with E-state index < -0.39 is 0 Å². The lowest BCUT2D eigenvalue weighted by molar-refractivity contribution is 1.46. The van der Waals surface area contributed by atoms with Crippen LogP contribution in [0.3, 0.4) is 0 Å². The number of hydrogen-bond acceptors (Lipinski definition) is 4. The predicted molar refractivity (Wildman–Crippen MR) is 178 cm³/mol. The summed E-state index contributed by atoms with van der Waals surface area (Å²) in [7, 11) is 0. The summed E-state index contributed by atoms with van der Waals surface area (Å²) in [4.78, 5) is 0. The molecule has 4 heteroatoms. The normalized spacial score (nSPS) is 11.3. The lowest BCUT2D eigenvalue weighted by Gasteiger charge is -2.15. The van der Waals surface area contributed by atoms with Gasteiger partial charge < -0.3 is 0 Å². The van der Waals surface area contributed by atoms with Crippen LogP contribution in [0.5, 0.6) is 0 Å². The van der Waals surface area contributed by atoms with E-state index in [9.17, 15) is 10.5 Å². The van der Waals surface area contributed by atoms with E-state index in [0.717, 1.165) is 33.4 Å². The SMILES string of the molecule is N#Cc1cccc(-c2cc(-c3ccc4c(c3)sc3ccccc34)cc(-c3ccc4c(c3)sc3ccccc34)c2C#N)c1. The number of nitriles is 2. The Bertz CT molecular complexity index is 2450. The minimum Gasteiger partial charge on any atom is -0.192 e. The van der Waals surface area contributed by atoms with Crippen molar-refractivity contribution in [1.29, 1.82) is 10.5 Å². The molecule has 0 fully saturated rings. The summed E-state index contributed by atoms with van der Waals surface area (Å²) in [6.45, 7) is 0. The largest absolute Gasteiger partial charge is 0.192 e.